The van der Waals surface area contributed by atoms with Gasteiger partial charge in [-0.15, -0.1) is 0 Å². The summed E-state index contributed by atoms with van der Waals surface area (Å²) < 4.78 is 18.6. The Morgan fingerprint density at radius 2 is 2.14 bits per heavy atom. The molecule has 0 amide bonds. The lowest BCUT2D eigenvalue weighted by molar-refractivity contribution is -0.384. The van der Waals surface area contributed by atoms with E-state index in [1.165, 1.54) is 18.2 Å². The van der Waals surface area contributed by atoms with Crippen LogP contribution in [0.15, 0.2) is 42.5 Å². The summed E-state index contributed by atoms with van der Waals surface area (Å²) in [6.07, 6.45) is 0.789. The van der Waals surface area contributed by atoms with Crippen molar-refractivity contribution in [3.05, 3.63) is 64.0 Å². The highest BCUT2D eigenvalue weighted by molar-refractivity contribution is 5.61. The van der Waals surface area contributed by atoms with E-state index in [1.807, 2.05) is 0 Å². The lowest BCUT2D eigenvalue weighted by atomic mass is 10.1. The van der Waals surface area contributed by atoms with Crippen molar-refractivity contribution in [2.45, 2.75) is 6.42 Å². The van der Waals surface area contributed by atoms with Gasteiger partial charge < -0.3 is 9.64 Å². The van der Waals surface area contributed by atoms with Crippen molar-refractivity contribution in [2.24, 2.45) is 0 Å². The molecule has 114 valence electrons. The predicted molar refractivity (Wildman–Crippen MR) is 80.9 cm³/mol. The van der Waals surface area contributed by atoms with Crippen molar-refractivity contribution >= 4 is 11.4 Å². The van der Waals surface area contributed by atoms with E-state index in [0.717, 1.165) is 24.2 Å². The highest BCUT2D eigenvalue weighted by atomic mass is 19.1. The van der Waals surface area contributed by atoms with E-state index in [4.69, 9.17) is 4.74 Å². The van der Waals surface area contributed by atoms with Crippen LogP contribution in [0.5, 0.6) is 5.75 Å². The molecule has 0 saturated heterocycles. The number of anilines is 1. The maximum absolute atomic E-state index is 13.1. The van der Waals surface area contributed by atoms with Crippen LogP contribution in [0.2, 0.25) is 0 Å². The van der Waals surface area contributed by atoms with Gasteiger partial charge in [-0.1, -0.05) is 6.07 Å². The molecule has 0 aromatic heterocycles. The Balaban J connectivity index is 1.61. The Kier molecular flexibility index (Phi) is 3.91. The maximum Gasteiger partial charge on any atom is 0.269 e. The van der Waals surface area contributed by atoms with E-state index in [1.54, 1.807) is 24.3 Å². The van der Waals surface area contributed by atoms with E-state index < -0.39 is 0 Å². The fourth-order valence-corrected chi connectivity index (χ4v) is 2.63. The van der Waals surface area contributed by atoms with Crippen LogP contribution in [0.3, 0.4) is 0 Å². The van der Waals surface area contributed by atoms with E-state index >= 15 is 0 Å². The minimum absolute atomic E-state index is 0.122. The largest absolute Gasteiger partial charge is 0.492 e. The number of ether oxygens (including phenoxy) is 1. The first-order valence-corrected chi connectivity index (χ1v) is 7.04. The van der Waals surface area contributed by atoms with Crippen molar-refractivity contribution in [3.63, 3.8) is 0 Å². The van der Waals surface area contributed by atoms with E-state index in [-0.39, 0.29) is 16.4 Å². The molecule has 5 nitrogen and oxygen atoms in total. The average molecular weight is 302 g/mol. The molecule has 0 N–H and O–H groups in total. The minimum Gasteiger partial charge on any atom is -0.492 e. The van der Waals surface area contributed by atoms with Gasteiger partial charge >= 0.3 is 0 Å². The Hall–Kier alpha value is -2.63. The van der Waals surface area contributed by atoms with Gasteiger partial charge in [0, 0.05) is 30.4 Å². The SMILES string of the molecule is O=[N+]([O-])c1ccc2c(c1)CCN2CCOc1cccc(F)c1. The number of nitro groups is 1. The molecule has 1 heterocycles. The molecule has 6 heteroatoms. The average Bonchev–Trinajstić information content (AvgIpc) is 2.90. The molecule has 0 atom stereocenters. The van der Waals surface area contributed by atoms with Crippen molar-refractivity contribution in [2.75, 3.05) is 24.6 Å². The number of hydrogen-bond donors (Lipinski definition) is 0. The van der Waals surface area contributed by atoms with Crippen LogP contribution in [-0.4, -0.2) is 24.6 Å². The quantitative estimate of drug-likeness (QED) is 0.629. The van der Waals surface area contributed by atoms with E-state index in [2.05, 4.69) is 4.90 Å². The van der Waals surface area contributed by atoms with E-state index in [0.29, 0.717) is 18.9 Å². The zero-order valence-electron chi connectivity index (χ0n) is 11.9. The molecule has 0 saturated carbocycles. The normalized spacial score (nSPS) is 13.0. The Labute approximate surface area is 127 Å². The summed E-state index contributed by atoms with van der Waals surface area (Å²) in [4.78, 5) is 12.5. The predicted octanol–water partition coefficient (Wildman–Crippen LogP) is 3.18. The van der Waals surface area contributed by atoms with Crippen molar-refractivity contribution in [1.82, 2.24) is 0 Å². The van der Waals surface area contributed by atoms with Gasteiger partial charge in [0.1, 0.15) is 18.2 Å². The first kappa shape index (κ1) is 14.3. The van der Waals surface area contributed by atoms with Gasteiger partial charge in [-0.05, 0) is 30.2 Å². The molecular formula is C16H15FN2O3. The van der Waals surface area contributed by atoms with Crippen molar-refractivity contribution in [3.8, 4) is 5.75 Å². The van der Waals surface area contributed by atoms with Gasteiger partial charge in [-0.3, -0.25) is 10.1 Å². The Morgan fingerprint density at radius 3 is 2.91 bits per heavy atom. The topological polar surface area (TPSA) is 55.6 Å². The summed E-state index contributed by atoms with van der Waals surface area (Å²) in [5, 5.41) is 10.8. The van der Waals surface area contributed by atoms with Crippen LogP contribution in [0.4, 0.5) is 15.8 Å². The third kappa shape index (κ3) is 3.00. The minimum atomic E-state index is -0.379. The molecular weight excluding hydrogens is 287 g/mol. The summed E-state index contributed by atoms with van der Waals surface area (Å²) in [5.74, 6) is 0.180. The molecule has 0 radical (unpaired) electrons. The molecule has 3 rings (SSSR count). The van der Waals surface area contributed by atoms with Crippen LogP contribution in [-0.2, 0) is 6.42 Å². The monoisotopic (exact) mass is 302 g/mol. The van der Waals surface area contributed by atoms with Crippen LogP contribution in [0, 0.1) is 15.9 Å². The second-order valence-electron chi connectivity index (χ2n) is 5.11. The van der Waals surface area contributed by atoms with Crippen LogP contribution in [0.25, 0.3) is 0 Å². The number of hydrogen-bond acceptors (Lipinski definition) is 4. The summed E-state index contributed by atoms with van der Waals surface area (Å²) in [6.45, 7) is 1.89. The van der Waals surface area contributed by atoms with Gasteiger partial charge in [0.25, 0.3) is 5.69 Å². The summed E-state index contributed by atoms with van der Waals surface area (Å²) >= 11 is 0. The summed E-state index contributed by atoms with van der Waals surface area (Å²) in [5.41, 5.74) is 2.12. The van der Waals surface area contributed by atoms with Gasteiger partial charge in [0.2, 0.25) is 0 Å². The smallest absolute Gasteiger partial charge is 0.269 e. The number of fused-ring (bicyclic) bond motifs is 1. The highest BCUT2D eigenvalue weighted by Crippen LogP contribution is 2.30. The van der Waals surface area contributed by atoms with Crippen LogP contribution >= 0.6 is 0 Å². The molecule has 0 spiro atoms. The van der Waals surface area contributed by atoms with Gasteiger partial charge in [0.15, 0.2) is 0 Å². The number of non-ortho nitro benzene ring substituents is 1. The third-order valence-electron chi connectivity index (χ3n) is 3.69. The number of halogens is 1. The third-order valence-corrected chi connectivity index (χ3v) is 3.69. The molecule has 22 heavy (non-hydrogen) atoms. The number of nitrogens with zero attached hydrogens (tertiary/aromatic N) is 2. The lowest BCUT2D eigenvalue weighted by Crippen LogP contribution is -2.26. The summed E-state index contributed by atoms with van der Waals surface area (Å²) in [6, 6.07) is 11.0. The van der Waals surface area contributed by atoms with Crippen molar-refractivity contribution < 1.29 is 14.1 Å². The highest BCUT2D eigenvalue weighted by Gasteiger charge is 2.21. The van der Waals surface area contributed by atoms with Gasteiger partial charge in [-0.2, -0.15) is 0 Å². The fraction of sp³-hybridized carbons (Fsp3) is 0.250. The van der Waals surface area contributed by atoms with Gasteiger partial charge in [-0.25, -0.2) is 4.39 Å². The molecule has 1 aliphatic rings. The van der Waals surface area contributed by atoms with Crippen LogP contribution < -0.4 is 9.64 Å². The molecule has 0 bridgehead atoms. The second kappa shape index (κ2) is 6.01. The number of benzene rings is 2. The Morgan fingerprint density at radius 1 is 1.27 bits per heavy atom. The fourth-order valence-electron chi connectivity index (χ4n) is 2.63. The lowest BCUT2D eigenvalue weighted by Gasteiger charge is -2.19. The molecule has 2 aromatic carbocycles. The van der Waals surface area contributed by atoms with Gasteiger partial charge in [0.05, 0.1) is 11.5 Å². The number of rotatable bonds is 5. The first-order chi connectivity index (χ1) is 10.6. The zero-order valence-corrected chi connectivity index (χ0v) is 11.9. The zero-order chi connectivity index (χ0) is 15.5. The Bertz CT molecular complexity index is 706. The molecule has 0 unspecified atom stereocenters. The van der Waals surface area contributed by atoms with Crippen molar-refractivity contribution in [1.29, 1.82) is 0 Å². The second-order valence-corrected chi connectivity index (χ2v) is 5.11. The molecule has 0 fully saturated rings. The maximum atomic E-state index is 13.1. The van der Waals surface area contributed by atoms with Crippen LogP contribution in [0.1, 0.15) is 5.56 Å². The molecule has 1 aliphatic heterocycles. The van der Waals surface area contributed by atoms with E-state index in [9.17, 15) is 14.5 Å². The molecule has 2 aromatic rings. The summed E-state index contributed by atoms with van der Waals surface area (Å²) in [7, 11) is 0. The first-order valence-electron chi connectivity index (χ1n) is 7.04. The number of nitro benzene ring substituents is 1. The molecule has 0 aliphatic carbocycles. The standard InChI is InChI=1S/C16H15FN2O3/c17-13-2-1-3-15(11-13)22-9-8-18-7-6-12-10-14(19(20)21)4-5-16(12)18/h1-5,10-11H,6-9H2.